The molecule has 124 valence electrons. The van der Waals surface area contributed by atoms with Crippen LogP contribution in [-0.2, 0) is 11.8 Å². The van der Waals surface area contributed by atoms with E-state index < -0.39 is 0 Å². The molecule has 2 aromatic rings. The predicted molar refractivity (Wildman–Crippen MR) is 89.7 cm³/mol. The van der Waals surface area contributed by atoms with Crippen LogP contribution in [0.15, 0.2) is 27.2 Å². The standard InChI is InChI=1S/C16H20BrN3O3/c1-16(2,3)15-19-13(20-23-15)7-8-18-14(21)11-9-10(17)5-6-12(11)22-4/h5-6,9H,7-8H2,1-4H3,(H,18,21). The van der Waals surface area contributed by atoms with Gasteiger partial charge in [-0.2, -0.15) is 4.98 Å². The van der Waals surface area contributed by atoms with Gasteiger partial charge in [-0.05, 0) is 18.2 Å². The molecule has 1 aromatic heterocycles. The second-order valence-corrected chi connectivity index (χ2v) is 7.03. The largest absolute Gasteiger partial charge is 0.496 e. The molecule has 0 saturated heterocycles. The molecule has 7 heteroatoms. The van der Waals surface area contributed by atoms with Crippen molar-refractivity contribution in [3.8, 4) is 5.75 Å². The van der Waals surface area contributed by atoms with Crippen molar-refractivity contribution in [1.29, 1.82) is 0 Å². The minimum atomic E-state index is -0.206. The first-order valence-electron chi connectivity index (χ1n) is 7.26. The number of halogens is 1. The molecule has 0 aliphatic carbocycles. The van der Waals surface area contributed by atoms with Crippen molar-refractivity contribution >= 4 is 21.8 Å². The number of ether oxygens (including phenoxy) is 1. The van der Waals surface area contributed by atoms with Crippen molar-refractivity contribution in [3.63, 3.8) is 0 Å². The highest BCUT2D eigenvalue weighted by Crippen LogP contribution is 2.23. The van der Waals surface area contributed by atoms with Gasteiger partial charge in [-0.15, -0.1) is 0 Å². The number of nitrogens with one attached hydrogen (secondary N) is 1. The predicted octanol–water partition coefficient (Wildman–Crippen LogP) is 3.11. The van der Waals surface area contributed by atoms with Crippen LogP contribution in [0, 0.1) is 0 Å². The SMILES string of the molecule is COc1ccc(Br)cc1C(=O)NCCc1noc(C(C)(C)C)n1. The number of hydrogen-bond acceptors (Lipinski definition) is 5. The molecule has 23 heavy (non-hydrogen) atoms. The third-order valence-electron chi connectivity index (χ3n) is 3.15. The number of amides is 1. The Morgan fingerprint density at radius 1 is 1.39 bits per heavy atom. The van der Waals surface area contributed by atoms with Gasteiger partial charge < -0.3 is 14.6 Å². The van der Waals surface area contributed by atoms with E-state index in [2.05, 4.69) is 31.4 Å². The van der Waals surface area contributed by atoms with Gasteiger partial charge in [0.2, 0.25) is 5.89 Å². The Labute approximate surface area is 143 Å². The van der Waals surface area contributed by atoms with Crippen LogP contribution in [0.5, 0.6) is 5.75 Å². The molecule has 6 nitrogen and oxygen atoms in total. The molecule has 0 aliphatic rings. The summed E-state index contributed by atoms with van der Waals surface area (Å²) < 4.78 is 11.2. The van der Waals surface area contributed by atoms with Crippen LogP contribution in [0.1, 0.15) is 42.8 Å². The van der Waals surface area contributed by atoms with E-state index in [1.165, 1.54) is 7.11 Å². The van der Waals surface area contributed by atoms with Gasteiger partial charge in [-0.3, -0.25) is 4.79 Å². The second kappa shape index (κ2) is 7.12. The molecule has 0 radical (unpaired) electrons. The summed E-state index contributed by atoms with van der Waals surface area (Å²) in [5.41, 5.74) is 0.295. The highest BCUT2D eigenvalue weighted by Gasteiger charge is 2.21. The molecule has 1 aromatic carbocycles. The summed E-state index contributed by atoms with van der Waals surface area (Å²) in [4.78, 5) is 16.6. The zero-order chi connectivity index (χ0) is 17.0. The average molecular weight is 382 g/mol. The number of aromatic nitrogens is 2. The Kier molecular flexibility index (Phi) is 5.41. The molecule has 0 saturated carbocycles. The number of nitrogens with zero attached hydrogens (tertiary/aromatic N) is 2. The zero-order valence-corrected chi connectivity index (χ0v) is 15.2. The molecular weight excluding hydrogens is 362 g/mol. The molecule has 2 rings (SSSR count). The highest BCUT2D eigenvalue weighted by atomic mass is 79.9. The molecule has 0 bridgehead atoms. The first-order valence-corrected chi connectivity index (χ1v) is 8.05. The monoisotopic (exact) mass is 381 g/mol. The Balaban J connectivity index is 1.95. The van der Waals surface area contributed by atoms with Crippen LogP contribution in [0.25, 0.3) is 0 Å². The van der Waals surface area contributed by atoms with Crippen LogP contribution < -0.4 is 10.1 Å². The van der Waals surface area contributed by atoms with Crippen LogP contribution in [0.2, 0.25) is 0 Å². The summed E-state index contributed by atoms with van der Waals surface area (Å²) in [6, 6.07) is 5.29. The zero-order valence-electron chi connectivity index (χ0n) is 13.6. The number of benzene rings is 1. The van der Waals surface area contributed by atoms with Gasteiger partial charge in [0.25, 0.3) is 5.91 Å². The Bertz CT molecular complexity index is 692. The van der Waals surface area contributed by atoms with Gasteiger partial charge >= 0.3 is 0 Å². The summed E-state index contributed by atoms with van der Waals surface area (Å²) in [6.45, 7) is 6.43. The van der Waals surface area contributed by atoms with E-state index in [1.807, 2.05) is 26.8 Å². The number of rotatable bonds is 5. The van der Waals surface area contributed by atoms with Crippen molar-refractivity contribution in [2.45, 2.75) is 32.6 Å². The van der Waals surface area contributed by atoms with Crippen molar-refractivity contribution in [1.82, 2.24) is 15.5 Å². The minimum Gasteiger partial charge on any atom is -0.496 e. The smallest absolute Gasteiger partial charge is 0.255 e. The first-order chi connectivity index (χ1) is 10.8. The quantitative estimate of drug-likeness (QED) is 0.860. The Morgan fingerprint density at radius 2 is 2.13 bits per heavy atom. The van der Waals surface area contributed by atoms with Crippen LogP contribution >= 0.6 is 15.9 Å². The Hall–Kier alpha value is -1.89. The summed E-state index contributed by atoms with van der Waals surface area (Å²) in [6.07, 6.45) is 0.502. The maximum Gasteiger partial charge on any atom is 0.255 e. The molecular formula is C16H20BrN3O3. The van der Waals surface area contributed by atoms with Gasteiger partial charge in [-0.25, -0.2) is 0 Å². The van der Waals surface area contributed by atoms with Gasteiger partial charge in [0, 0.05) is 22.9 Å². The minimum absolute atomic E-state index is 0.182. The normalized spacial score (nSPS) is 11.3. The third kappa shape index (κ3) is 4.54. The molecule has 1 heterocycles. The Morgan fingerprint density at radius 3 is 2.74 bits per heavy atom. The summed E-state index contributed by atoms with van der Waals surface area (Å²) >= 11 is 3.35. The van der Waals surface area contributed by atoms with Crippen LogP contribution in [0.3, 0.4) is 0 Å². The second-order valence-electron chi connectivity index (χ2n) is 6.12. The lowest BCUT2D eigenvalue weighted by molar-refractivity contribution is 0.0951. The molecule has 0 aliphatic heterocycles. The molecule has 1 N–H and O–H groups in total. The van der Waals surface area contributed by atoms with Crippen molar-refractivity contribution in [3.05, 3.63) is 40.0 Å². The van der Waals surface area contributed by atoms with Gasteiger partial charge in [0.05, 0.1) is 12.7 Å². The van der Waals surface area contributed by atoms with Gasteiger partial charge in [-0.1, -0.05) is 41.9 Å². The topological polar surface area (TPSA) is 77.2 Å². The van der Waals surface area contributed by atoms with Crippen molar-refractivity contribution in [2.24, 2.45) is 0 Å². The molecule has 0 fully saturated rings. The fourth-order valence-electron chi connectivity index (χ4n) is 1.90. The van der Waals surface area contributed by atoms with E-state index in [0.717, 1.165) is 4.47 Å². The maximum atomic E-state index is 12.3. The average Bonchev–Trinajstić information content (AvgIpc) is 2.96. The van der Waals surface area contributed by atoms with E-state index in [4.69, 9.17) is 9.26 Å². The summed E-state index contributed by atoms with van der Waals surface area (Å²) in [5, 5.41) is 6.77. The van der Waals surface area contributed by atoms with Gasteiger partial charge in [0.1, 0.15) is 5.75 Å². The number of methoxy groups -OCH3 is 1. The van der Waals surface area contributed by atoms with E-state index in [9.17, 15) is 4.79 Å². The first kappa shape index (κ1) is 17.5. The lowest BCUT2D eigenvalue weighted by Crippen LogP contribution is -2.26. The number of hydrogen-bond donors (Lipinski definition) is 1. The van der Waals surface area contributed by atoms with Crippen molar-refractivity contribution < 1.29 is 14.1 Å². The lowest BCUT2D eigenvalue weighted by atomic mass is 9.97. The van der Waals surface area contributed by atoms with E-state index in [-0.39, 0.29) is 11.3 Å². The number of carbonyl (C=O) groups excluding carboxylic acids is 1. The summed E-state index contributed by atoms with van der Waals surface area (Å²) in [5.74, 6) is 1.49. The van der Waals surface area contributed by atoms with E-state index in [0.29, 0.717) is 36.0 Å². The molecule has 1 amide bonds. The van der Waals surface area contributed by atoms with Crippen molar-refractivity contribution in [2.75, 3.05) is 13.7 Å². The fraction of sp³-hybridized carbons (Fsp3) is 0.438. The fourth-order valence-corrected chi connectivity index (χ4v) is 2.26. The molecule has 0 atom stereocenters. The highest BCUT2D eigenvalue weighted by molar-refractivity contribution is 9.10. The molecule has 0 spiro atoms. The summed E-state index contributed by atoms with van der Waals surface area (Å²) in [7, 11) is 1.54. The van der Waals surface area contributed by atoms with E-state index in [1.54, 1.807) is 12.1 Å². The molecule has 0 unspecified atom stereocenters. The lowest BCUT2D eigenvalue weighted by Gasteiger charge is -2.10. The van der Waals surface area contributed by atoms with Crippen LogP contribution in [-0.4, -0.2) is 29.7 Å². The maximum absolute atomic E-state index is 12.3. The third-order valence-corrected chi connectivity index (χ3v) is 3.64. The van der Waals surface area contributed by atoms with Crippen LogP contribution in [0.4, 0.5) is 0 Å². The van der Waals surface area contributed by atoms with Gasteiger partial charge in [0.15, 0.2) is 5.82 Å². The number of carbonyl (C=O) groups is 1. The van der Waals surface area contributed by atoms with E-state index >= 15 is 0 Å².